The monoisotopic (exact) mass is 374 g/mol. The molecule has 0 radical (unpaired) electrons. The van der Waals surface area contributed by atoms with Crippen LogP contribution in [-0.4, -0.2) is 24.1 Å². The van der Waals surface area contributed by atoms with E-state index in [4.69, 9.17) is 9.15 Å². The van der Waals surface area contributed by atoms with Gasteiger partial charge in [0.05, 0.1) is 18.9 Å². The molecule has 0 atom stereocenters. The van der Waals surface area contributed by atoms with Gasteiger partial charge in [0.2, 0.25) is 0 Å². The van der Waals surface area contributed by atoms with Gasteiger partial charge in [-0.25, -0.2) is 0 Å². The molecule has 0 aliphatic heterocycles. The molecule has 0 fully saturated rings. The molecule has 1 amide bonds. The second-order valence-corrected chi connectivity index (χ2v) is 6.63. The number of methoxy groups -OCH3 is 1. The lowest BCUT2D eigenvalue weighted by Gasteiger charge is -2.11. The second kappa shape index (κ2) is 8.05. The molecule has 2 aromatic heterocycles. The van der Waals surface area contributed by atoms with Crippen molar-refractivity contribution >= 4 is 17.0 Å². The third kappa shape index (κ3) is 3.78. The zero-order chi connectivity index (χ0) is 19.3. The van der Waals surface area contributed by atoms with Gasteiger partial charge in [-0.15, -0.1) is 0 Å². The highest BCUT2D eigenvalue weighted by Crippen LogP contribution is 2.23. The summed E-state index contributed by atoms with van der Waals surface area (Å²) in [6, 6.07) is 21.7. The number of amides is 1. The number of nitrogens with zero attached hydrogens (tertiary/aromatic N) is 1. The number of hydrogen-bond acceptors (Lipinski definition) is 3. The number of nitrogens with one attached hydrogen (secondary N) is 1. The molecule has 28 heavy (non-hydrogen) atoms. The fourth-order valence-corrected chi connectivity index (χ4v) is 3.30. The van der Waals surface area contributed by atoms with E-state index in [9.17, 15) is 4.79 Å². The highest BCUT2D eigenvalue weighted by molar-refractivity contribution is 5.97. The Morgan fingerprint density at radius 2 is 1.82 bits per heavy atom. The molecule has 0 saturated heterocycles. The average molecular weight is 374 g/mol. The molecule has 2 heterocycles. The second-order valence-electron chi connectivity index (χ2n) is 6.63. The van der Waals surface area contributed by atoms with Crippen molar-refractivity contribution in [1.29, 1.82) is 0 Å². The van der Waals surface area contributed by atoms with E-state index in [0.717, 1.165) is 23.3 Å². The van der Waals surface area contributed by atoms with Gasteiger partial charge in [-0.2, -0.15) is 0 Å². The van der Waals surface area contributed by atoms with Gasteiger partial charge in [0.1, 0.15) is 11.4 Å². The van der Waals surface area contributed by atoms with Crippen molar-refractivity contribution in [3.05, 3.63) is 89.8 Å². The molecule has 0 bridgehead atoms. The first-order valence-electron chi connectivity index (χ1n) is 9.26. The van der Waals surface area contributed by atoms with Crippen LogP contribution in [0.25, 0.3) is 11.1 Å². The fourth-order valence-electron chi connectivity index (χ4n) is 3.30. The summed E-state index contributed by atoms with van der Waals surface area (Å²) in [5.74, 6) is 0.708. The molecule has 4 aromatic rings. The van der Waals surface area contributed by atoms with E-state index in [1.165, 1.54) is 5.56 Å². The molecule has 142 valence electrons. The molecule has 5 heteroatoms. The van der Waals surface area contributed by atoms with Crippen molar-refractivity contribution in [2.24, 2.45) is 0 Å². The van der Waals surface area contributed by atoms with E-state index in [1.807, 2.05) is 53.1 Å². The third-order valence-corrected chi connectivity index (χ3v) is 4.80. The number of rotatable bonds is 7. The number of hydrogen-bond donors (Lipinski definition) is 1. The van der Waals surface area contributed by atoms with E-state index < -0.39 is 0 Å². The standard InChI is InChI=1S/C23H22N2O3/c1-27-19-9-7-18(8-10-19)16-25-20-12-14-28-22(20)15-21(25)23(26)24-13-11-17-5-3-2-4-6-17/h2-10,12,14-15H,11,13,16H2,1H3,(H,24,26). The molecule has 0 aliphatic carbocycles. The zero-order valence-corrected chi connectivity index (χ0v) is 15.7. The van der Waals surface area contributed by atoms with Gasteiger partial charge in [0.25, 0.3) is 5.91 Å². The Bertz CT molecular complexity index is 1060. The molecule has 0 unspecified atom stereocenters. The van der Waals surface area contributed by atoms with Gasteiger partial charge in [-0.3, -0.25) is 4.79 Å². The van der Waals surface area contributed by atoms with Crippen molar-refractivity contribution in [3.63, 3.8) is 0 Å². The van der Waals surface area contributed by atoms with Gasteiger partial charge >= 0.3 is 0 Å². The maximum atomic E-state index is 12.8. The summed E-state index contributed by atoms with van der Waals surface area (Å²) in [5.41, 5.74) is 4.49. The average Bonchev–Trinajstić information content (AvgIpc) is 3.32. The minimum Gasteiger partial charge on any atom is -0.497 e. The summed E-state index contributed by atoms with van der Waals surface area (Å²) < 4.78 is 12.7. The summed E-state index contributed by atoms with van der Waals surface area (Å²) in [6.07, 6.45) is 2.44. The minimum atomic E-state index is -0.101. The molecule has 2 aromatic carbocycles. The SMILES string of the molecule is COc1ccc(Cn2c(C(=O)NCCc3ccccc3)cc3occc32)cc1. The van der Waals surface area contributed by atoms with E-state index in [0.29, 0.717) is 24.4 Å². The molecular formula is C23H22N2O3. The van der Waals surface area contributed by atoms with Crippen LogP contribution in [0.3, 0.4) is 0 Å². The van der Waals surface area contributed by atoms with Gasteiger partial charge < -0.3 is 19.0 Å². The van der Waals surface area contributed by atoms with Crippen LogP contribution in [0.15, 0.2) is 77.4 Å². The highest BCUT2D eigenvalue weighted by Gasteiger charge is 2.17. The number of ether oxygens (including phenoxy) is 1. The summed E-state index contributed by atoms with van der Waals surface area (Å²) >= 11 is 0. The number of fused-ring (bicyclic) bond motifs is 1. The van der Waals surface area contributed by atoms with E-state index in [2.05, 4.69) is 17.4 Å². The predicted octanol–water partition coefficient (Wildman–Crippen LogP) is 4.26. The van der Waals surface area contributed by atoms with Crippen LogP contribution in [0, 0.1) is 0 Å². The lowest BCUT2D eigenvalue weighted by Crippen LogP contribution is -2.28. The third-order valence-electron chi connectivity index (χ3n) is 4.80. The molecule has 0 aliphatic rings. The Hall–Kier alpha value is -3.47. The van der Waals surface area contributed by atoms with Gasteiger partial charge in [0.15, 0.2) is 5.58 Å². The van der Waals surface area contributed by atoms with Crippen LogP contribution < -0.4 is 10.1 Å². The molecule has 4 rings (SSSR count). The number of benzene rings is 2. The van der Waals surface area contributed by atoms with Crippen LogP contribution in [0.4, 0.5) is 0 Å². The molecule has 1 N–H and O–H groups in total. The van der Waals surface area contributed by atoms with E-state index in [-0.39, 0.29) is 5.91 Å². The largest absolute Gasteiger partial charge is 0.497 e. The van der Waals surface area contributed by atoms with E-state index >= 15 is 0 Å². The van der Waals surface area contributed by atoms with E-state index in [1.54, 1.807) is 19.4 Å². The molecular weight excluding hydrogens is 352 g/mol. The number of furan rings is 1. The highest BCUT2D eigenvalue weighted by atomic mass is 16.5. The van der Waals surface area contributed by atoms with Crippen molar-refractivity contribution in [2.75, 3.05) is 13.7 Å². The Balaban J connectivity index is 1.52. The normalized spacial score (nSPS) is 10.9. The first kappa shape index (κ1) is 17.9. The number of carbonyl (C=O) groups excluding carboxylic acids is 1. The molecule has 0 spiro atoms. The van der Waals surface area contributed by atoms with Crippen molar-refractivity contribution in [2.45, 2.75) is 13.0 Å². The minimum absolute atomic E-state index is 0.101. The predicted molar refractivity (Wildman–Crippen MR) is 109 cm³/mol. The number of carbonyl (C=O) groups is 1. The summed E-state index contributed by atoms with van der Waals surface area (Å²) in [7, 11) is 1.65. The van der Waals surface area contributed by atoms with Crippen molar-refractivity contribution in [1.82, 2.24) is 9.88 Å². The molecule has 5 nitrogen and oxygen atoms in total. The van der Waals surface area contributed by atoms with Crippen LogP contribution in [0.5, 0.6) is 5.75 Å². The summed E-state index contributed by atoms with van der Waals surface area (Å²) in [4.78, 5) is 12.8. The quantitative estimate of drug-likeness (QED) is 0.526. The van der Waals surface area contributed by atoms with Gasteiger partial charge in [-0.05, 0) is 29.7 Å². The van der Waals surface area contributed by atoms with Crippen LogP contribution in [0.1, 0.15) is 21.6 Å². The number of aromatic nitrogens is 1. The van der Waals surface area contributed by atoms with Gasteiger partial charge in [0, 0.05) is 25.2 Å². The van der Waals surface area contributed by atoms with Crippen LogP contribution in [-0.2, 0) is 13.0 Å². The topological polar surface area (TPSA) is 56.4 Å². The zero-order valence-electron chi connectivity index (χ0n) is 15.7. The fraction of sp³-hybridized carbons (Fsp3) is 0.174. The Kier molecular flexibility index (Phi) is 5.15. The molecule has 0 saturated carbocycles. The van der Waals surface area contributed by atoms with Gasteiger partial charge in [-0.1, -0.05) is 42.5 Å². The Labute approximate surface area is 163 Å². The van der Waals surface area contributed by atoms with Crippen LogP contribution >= 0.6 is 0 Å². The maximum Gasteiger partial charge on any atom is 0.268 e. The van der Waals surface area contributed by atoms with Crippen molar-refractivity contribution < 1.29 is 13.9 Å². The Morgan fingerprint density at radius 1 is 1.04 bits per heavy atom. The van der Waals surface area contributed by atoms with Crippen LogP contribution in [0.2, 0.25) is 0 Å². The van der Waals surface area contributed by atoms with Crippen molar-refractivity contribution in [3.8, 4) is 5.75 Å². The lowest BCUT2D eigenvalue weighted by molar-refractivity contribution is 0.0945. The Morgan fingerprint density at radius 3 is 2.57 bits per heavy atom. The smallest absolute Gasteiger partial charge is 0.268 e. The maximum absolute atomic E-state index is 12.8. The summed E-state index contributed by atoms with van der Waals surface area (Å²) in [5, 5.41) is 3.02. The summed E-state index contributed by atoms with van der Waals surface area (Å²) in [6.45, 7) is 1.16. The first-order valence-corrected chi connectivity index (χ1v) is 9.26. The first-order chi connectivity index (χ1) is 13.7. The lowest BCUT2D eigenvalue weighted by atomic mass is 10.1.